The fourth-order valence-electron chi connectivity index (χ4n) is 7.58. The highest BCUT2D eigenvalue weighted by Gasteiger charge is 2.37. The third kappa shape index (κ3) is 10.9. The summed E-state index contributed by atoms with van der Waals surface area (Å²) < 4.78 is 150. The molecule has 0 fully saturated rings. The zero-order valence-electron chi connectivity index (χ0n) is 40.3. The minimum Gasteiger partial charge on any atom is -0.508 e. The van der Waals surface area contributed by atoms with Gasteiger partial charge < -0.3 is 32.6 Å². The number of methoxy groups -OCH3 is 1. The molecule has 0 amide bonds. The number of furan rings is 3. The first-order chi connectivity index (χ1) is 36.0. The number of fused-ring (bicyclic) bond motifs is 3. The Kier molecular flexibility index (Phi) is 14.9. The van der Waals surface area contributed by atoms with E-state index in [0.717, 1.165) is 39.9 Å². The molecule has 406 valence electrons. The van der Waals surface area contributed by atoms with Crippen LogP contribution >= 0.6 is 0 Å². The molecule has 6 aromatic heterocycles. The fraction of sp³-hybridized carbons (Fsp3) is 0.229. The molecule has 3 aromatic carbocycles. The largest absolute Gasteiger partial charge is 0.508 e. The molecule has 6 heterocycles. The minimum absolute atomic E-state index is 0.0447. The van der Waals surface area contributed by atoms with Crippen molar-refractivity contribution in [2.75, 3.05) is 13.7 Å². The molecule has 9 rings (SSSR count). The van der Waals surface area contributed by atoms with Crippen molar-refractivity contribution in [2.24, 2.45) is 21.1 Å². The summed E-state index contributed by atoms with van der Waals surface area (Å²) in [7, 11) is 4.22. The van der Waals surface area contributed by atoms with E-state index in [2.05, 4.69) is 0 Å². The number of aromatic nitrogens is 6. The number of benzene rings is 3. The molecule has 9 aromatic rings. The summed E-state index contributed by atoms with van der Waals surface area (Å²) in [6, 6.07) is 14.1. The average molecular weight is 1090 g/mol. The number of alkyl halides is 9. The second kappa shape index (κ2) is 20.7. The highest BCUT2D eigenvalue weighted by molar-refractivity contribution is 5.89. The third-order valence-electron chi connectivity index (χ3n) is 11.3. The maximum Gasteiger partial charge on any atom is 0.431 e. The van der Waals surface area contributed by atoms with E-state index in [1.165, 1.54) is 56.5 Å². The van der Waals surface area contributed by atoms with Gasteiger partial charge in [0.2, 0.25) is 0 Å². The van der Waals surface area contributed by atoms with Crippen LogP contribution < -0.4 is 43.2 Å². The van der Waals surface area contributed by atoms with E-state index in [9.17, 15) is 78.2 Å². The lowest BCUT2D eigenvalue weighted by Gasteiger charge is -2.14. The first kappa shape index (κ1) is 55.3. The first-order valence-electron chi connectivity index (χ1n) is 21.8. The number of hydrogen-bond acceptors (Lipinski definition) is 14. The lowest BCUT2D eigenvalue weighted by Crippen LogP contribution is -2.40. The Bertz CT molecular complexity index is 4130. The van der Waals surface area contributed by atoms with E-state index in [-0.39, 0.29) is 57.1 Å². The van der Waals surface area contributed by atoms with Crippen LogP contribution in [0.1, 0.15) is 30.9 Å². The van der Waals surface area contributed by atoms with Crippen molar-refractivity contribution in [3.63, 3.8) is 0 Å². The van der Waals surface area contributed by atoms with Crippen LogP contribution in [0.4, 0.5) is 39.5 Å². The number of phenols is 1. The molecule has 1 unspecified atom stereocenters. The first-order valence-corrected chi connectivity index (χ1v) is 21.8. The van der Waals surface area contributed by atoms with E-state index in [1.807, 2.05) is 0 Å². The molecule has 0 saturated heterocycles. The Morgan fingerprint density at radius 1 is 0.545 bits per heavy atom. The summed E-state index contributed by atoms with van der Waals surface area (Å²) in [4.78, 5) is 85.3. The Hall–Kier alpha value is -9.44. The number of ether oxygens (including phenoxy) is 3. The van der Waals surface area contributed by atoms with Crippen molar-refractivity contribution >= 4 is 38.9 Å². The van der Waals surface area contributed by atoms with Crippen molar-refractivity contribution in [1.82, 2.24) is 27.4 Å². The predicted octanol–water partition coefficient (Wildman–Crippen LogP) is 6.95. The van der Waals surface area contributed by atoms with Crippen molar-refractivity contribution in [1.29, 1.82) is 0 Å². The Balaban J connectivity index is 0.000000170. The molecular weight excluding hydrogens is 1060 g/mol. The summed E-state index contributed by atoms with van der Waals surface area (Å²) in [5.74, 6) is -0.0702. The van der Waals surface area contributed by atoms with Gasteiger partial charge in [0.15, 0.2) is 6.10 Å². The predicted molar refractivity (Wildman–Crippen MR) is 251 cm³/mol. The number of halogens is 9. The highest BCUT2D eigenvalue weighted by Crippen LogP contribution is 2.33. The number of carbonyl (C=O) groups excluding carboxylic acids is 1. The van der Waals surface area contributed by atoms with E-state index in [0.29, 0.717) is 62.3 Å². The van der Waals surface area contributed by atoms with E-state index >= 15 is 0 Å². The molecule has 77 heavy (non-hydrogen) atoms. The van der Waals surface area contributed by atoms with Crippen LogP contribution in [0.15, 0.2) is 134 Å². The highest BCUT2D eigenvalue weighted by atomic mass is 19.4. The van der Waals surface area contributed by atoms with E-state index in [4.69, 9.17) is 27.5 Å². The lowest BCUT2D eigenvalue weighted by molar-refractivity contribution is -0.150. The summed E-state index contributed by atoms with van der Waals surface area (Å²) in [6.07, 6.45) is -12.1. The molecule has 0 aliphatic heterocycles. The number of esters is 1. The van der Waals surface area contributed by atoms with Gasteiger partial charge in [-0.25, -0.2) is 32.9 Å². The average Bonchev–Trinajstić information content (AvgIpc) is 4.13. The van der Waals surface area contributed by atoms with Gasteiger partial charge >= 0.3 is 41.6 Å². The van der Waals surface area contributed by atoms with E-state index in [1.54, 1.807) is 19.1 Å². The van der Waals surface area contributed by atoms with Gasteiger partial charge in [-0.3, -0.25) is 28.1 Å². The Morgan fingerprint density at radius 2 is 0.883 bits per heavy atom. The van der Waals surface area contributed by atoms with Crippen molar-refractivity contribution in [3.8, 4) is 34.3 Å². The lowest BCUT2D eigenvalue weighted by atomic mass is 10.2. The molecule has 0 spiro atoms. The monoisotopic (exact) mass is 1090 g/mol. The van der Waals surface area contributed by atoms with Crippen LogP contribution in [0.5, 0.6) is 17.2 Å². The van der Waals surface area contributed by atoms with Crippen molar-refractivity contribution in [3.05, 3.63) is 171 Å². The van der Waals surface area contributed by atoms with Gasteiger partial charge in [0, 0.05) is 55.5 Å². The van der Waals surface area contributed by atoms with Gasteiger partial charge in [0.25, 0.3) is 16.7 Å². The van der Waals surface area contributed by atoms with Gasteiger partial charge in [-0.05, 0) is 68.4 Å². The van der Waals surface area contributed by atoms with Gasteiger partial charge in [-0.1, -0.05) is 0 Å². The third-order valence-corrected chi connectivity index (χ3v) is 11.3. The van der Waals surface area contributed by atoms with Gasteiger partial charge in [-0.2, -0.15) is 39.5 Å². The number of aromatic hydroxyl groups is 1. The molecule has 1 N–H and O–H groups in total. The topological polar surface area (TPSA) is 236 Å². The second-order valence-electron chi connectivity index (χ2n) is 16.2. The van der Waals surface area contributed by atoms with Gasteiger partial charge in [0.05, 0.1) is 13.7 Å². The molecule has 0 bridgehead atoms. The van der Waals surface area contributed by atoms with Crippen LogP contribution in [0.2, 0.25) is 0 Å². The van der Waals surface area contributed by atoms with Crippen molar-refractivity contribution < 1.29 is 76.9 Å². The van der Waals surface area contributed by atoms with Crippen LogP contribution in [0.25, 0.3) is 50.0 Å². The van der Waals surface area contributed by atoms with Crippen LogP contribution in [-0.2, 0) is 49.2 Å². The zero-order valence-corrected chi connectivity index (χ0v) is 40.3. The Morgan fingerprint density at radius 3 is 1.23 bits per heavy atom. The molecule has 0 radical (unpaired) electrons. The summed E-state index contributed by atoms with van der Waals surface area (Å²) in [5, 5.41) is 10.3. The molecule has 0 aliphatic carbocycles. The van der Waals surface area contributed by atoms with Crippen LogP contribution in [-0.4, -0.2) is 58.3 Å². The van der Waals surface area contributed by atoms with Gasteiger partial charge in [-0.15, -0.1) is 0 Å². The number of hydrogen-bond donors (Lipinski definition) is 1. The maximum atomic E-state index is 13.0. The van der Waals surface area contributed by atoms with Crippen LogP contribution in [0, 0.1) is 0 Å². The molecule has 1 atom stereocenters. The minimum atomic E-state index is -4.87. The van der Waals surface area contributed by atoms with Crippen molar-refractivity contribution in [2.45, 2.75) is 38.5 Å². The molecule has 29 heteroatoms. The second-order valence-corrected chi connectivity index (χ2v) is 16.2. The van der Waals surface area contributed by atoms with Gasteiger partial charge in [0.1, 0.15) is 86.9 Å². The molecule has 20 nitrogen and oxygen atoms in total. The van der Waals surface area contributed by atoms with E-state index < -0.39 is 81.4 Å². The number of rotatable bonds is 8. The maximum absolute atomic E-state index is 13.0. The number of phenolic OH excluding ortho intramolecular Hbond substituents is 1. The normalized spacial score (nSPS) is 12.2. The smallest absolute Gasteiger partial charge is 0.431 e. The molecule has 0 aliphatic rings. The van der Waals surface area contributed by atoms with Crippen LogP contribution in [0.3, 0.4) is 0 Å². The Labute approximate surface area is 421 Å². The molecular formula is C48H37F9N6O14. The number of nitrogens with zero attached hydrogens (tertiary/aromatic N) is 6. The standard InChI is InChI=1S/C19H17F3N2O6.C15H11F3N2O4.C14H9F3N2O4/c1-4-28-17(26)10(2)30-11-5-6-14-12(7-11)13(9-29-14)24-16(25)8-15(19(20,21)22)23(3)18(24)27;1-19-12(15(16,17)18)6-13(21)20(14(19)22)10-7-24-11-4-3-8(23-2)5-9(10)11;1-18-11(14(15,16)17)5-12(21)19(13(18)22)9-6-23-10-3-2-7(20)4-8(9)10/h5-10H,4H2,1-3H3;3-7H,1-2H3;2-6,20H,1H3. The SMILES string of the molecule is CCOC(=O)C(C)Oc1ccc2occ(-n3c(=O)cc(C(F)(F)F)n(C)c3=O)c2c1.COc1ccc2occ(-n3c(=O)cc(C(F)(F)F)n(C)c3=O)c2c1.Cn1c(C(F)(F)F)cc(=O)n(-c2coc3ccc(O)cc23)c1=O. The summed E-state index contributed by atoms with van der Waals surface area (Å²) in [6.45, 7) is 3.31. The summed E-state index contributed by atoms with van der Waals surface area (Å²) >= 11 is 0. The zero-order chi connectivity index (χ0) is 56.8. The fourth-order valence-corrected chi connectivity index (χ4v) is 7.58. The summed E-state index contributed by atoms with van der Waals surface area (Å²) in [5.41, 5.74) is -10.1. The number of carbonyl (C=O) groups is 1. The molecule has 0 saturated carbocycles. The quantitative estimate of drug-likeness (QED) is 0.120.